The van der Waals surface area contributed by atoms with Gasteiger partial charge in [-0.25, -0.2) is 0 Å². The summed E-state index contributed by atoms with van der Waals surface area (Å²) >= 11 is 0. The summed E-state index contributed by atoms with van der Waals surface area (Å²) in [5.41, 5.74) is 4.51. The van der Waals surface area contributed by atoms with Crippen molar-refractivity contribution in [2.75, 3.05) is 0 Å². The molecule has 0 saturated carbocycles. The fourth-order valence-corrected chi connectivity index (χ4v) is 1.03. The van der Waals surface area contributed by atoms with Gasteiger partial charge >= 0.3 is 0 Å². The van der Waals surface area contributed by atoms with E-state index in [1.165, 1.54) is 0 Å². The van der Waals surface area contributed by atoms with Crippen LogP contribution in [0.4, 0.5) is 0 Å². The van der Waals surface area contributed by atoms with Gasteiger partial charge in [0.2, 0.25) is 5.82 Å². The molecule has 0 amide bonds. The van der Waals surface area contributed by atoms with Crippen LogP contribution in [0.15, 0.2) is 28.9 Å². The van der Waals surface area contributed by atoms with E-state index in [4.69, 9.17) is 4.52 Å². The van der Waals surface area contributed by atoms with Crippen molar-refractivity contribution in [3.8, 4) is 11.5 Å². The van der Waals surface area contributed by atoms with Crippen LogP contribution >= 0.6 is 0 Å². The first kappa shape index (κ1) is 8.83. The first-order valence-corrected chi connectivity index (χ1v) is 4.35. The van der Waals surface area contributed by atoms with E-state index in [9.17, 15) is 0 Å². The Hall–Kier alpha value is -1.75. The van der Waals surface area contributed by atoms with Crippen molar-refractivity contribution in [2.45, 2.75) is 13.0 Å². The Balaban J connectivity index is 2.34. The van der Waals surface area contributed by atoms with Crippen molar-refractivity contribution in [1.29, 1.82) is 0 Å². The van der Waals surface area contributed by atoms with E-state index in [2.05, 4.69) is 20.9 Å². The molecule has 2 heterocycles. The molecule has 0 saturated heterocycles. The molecule has 0 aliphatic carbocycles. The predicted octanol–water partition coefficient (Wildman–Crippen LogP) is 0.435. The largest absolute Gasteiger partial charge is 0.348 e. The van der Waals surface area contributed by atoms with Crippen molar-refractivity contribution >= 4 is 0 Å². The van der Waals surface area contributed by atoms with Gasteiger partial charge in [0.25, 0.3) is 5.89 Å². The number of quaternary nitrogens is 1. The second-order valence-corrected chi connectivity index (χ2v) is 3.07. The molecule has 0 aliphatic heterocycles. The van der Waals surface area contributed by atoms with Crippen LogP contribution in [-0.4, -0.2) is 15.1 Å². The third-order valence-electron chi connectivity index (χ3n) is 1.76. The van der Waals surface area contributed by atoms with E-state index in [1.807, 2.05) is 25.1 Å². The Morgan fingerprint density at radius 2 is 2.29 bits per heavy atom. The zero-order valence-corrected chi connectivity index (χ0v) is 7.84. The standard InChI is InChI=1S/C9H10N4O/c1-6(10)9-12-8(13-14-9)7-4-2-3-5-11-7/h2-6H,10H2,1H3/p+1/t6-/m0/s1. The van der Waals surface area contributed by atoms with Gasteiger partial charge in [-0.3, -0.25) is 4.98 Å². The van der Waals surface area contributed by atoms with Gasteiger partial charge in [0, 0.05) is 6.20 Å². The molecular formula is C9H11N4O+. The summed E-state index contributed by atoms with van der Waals surface area (Å²) in [4.78, 5) is 8.29. The van der Waals surface area contributed by atoms with E-state index in [-0.39, 0.29) is 6.04 Å². The number of nitrogens with zero attached hydrogens (tertiary/aromatic N) is 3. The van der Waals surface area contributed by atoms with Gasteiger partial charge in [-0.1, -0.05) is 11.2 Å². The summed E-state index contributed by atoms with van der Waals surface area (Å²) in [5, 5.41) is 3.82. The predicted molar refractivity (Wildman–Crippen MR) is 48.8 cm³/mol. The molecule has 0 aliphatic rings. The van der Waals surface area contributed by atoms with Gasteiger partial charge in [0.1, 0.15) is 5.69 Å². The Labute approximate surface area is 81.0 Å². The maximum absolute atomic E-state index is 5.02. The minimum Gasteiger partial charge on any atom is -0.348 e. The third-order valence-corrected chi connectivity index (χ3v) is 1.76. The molecule has 5 nitrogen and oxygen atoms in total. The van der Waals surface area contributed by atoms with Gasteiger partial charge in [-0.15, -0.1) is 0 Å². The topological polar surface area (TPSA) is 79.5 Å². The van der Waals surface area contributed by atoms with Crippen LogP contribution in [0, 0.1) is 0 Å². The summed E-state index contributed by atoms with van der Waals surface area (Å²) in [6, 6.07) is 5.56. The summed E-state index contributed by atoms with van der Waals surface area (Å²) in [5.74, 6) is 1.04. The highest BCUT2D eigenvalue weighted by Gasteiger charge is 2.14. The Bertz CT molecular complexity index is 410. The van der Waals surface area contributed by atoms with Crippen LogP contribution < -0.4 is 5.73 Å². The molecule has 3 N–H and O–H groups in total. The maximum Gasteiger partial charge on any atom is 0.284 e. The van der Waals surface area contributed by atoms with E-state index >= 15 is 0 Å². The number of pyridine rings is 1. The highest BCUT2D eigenvalue weighted by atomic mass is 16.5. The summed E-state index contributed by atoms with van der Waals surface area (Å²) < 4.78 is 5.02. The molecule has 0 spiro atoms. The molecule has 0 bridgehead atoms. The Morgan fingerprint density at radius 1 is 1.43 bits per heavy atom. The molecule has 0 radical (unpaired) electrons. The van der Waals surface area contributed by atoms with E-state index in [0.717, 1.165) is 0 Å². The van der Waals surface area contributed by atoms with E-state index < -0.39 is 0 Å². The van der Waals surface area contributed by atoms with Crippen LogP contribution in [0.2, 0.25) is 0 Å². The fraction of sp³-hybridized carbons (Fsp3) is 0.222. The molecule has 0 aromatic carbocycles. The zero-order valence-electron chi connectivity index (χ0n) is 7.84. The minimum absolute atomic E-state index is 0.0000350. The van der Waals surface area contributed by atoms with Crippen LogP contribution in [0.5, 0.6) is 0 Å². The van der Waals surface area contributed by atoms with Crippen LogP contribution in [0.25, 0.3) is 11.5 Å². The monoisotopic (exact) mass is 191 g/mol. The Kier molecular flexibility index (Phi) is 2.24. The summed E-state index contributed by atoms with van der Waals surface area (Å²) in [7, 11) is 0. The average Bonchev–Trinajstić information content (AvgIpc) is 2.68. The van der Waals surface area contributed by atoms with Crippen LogP contribution in [-0.2, 0) is 0 Å². The summed E-state index contributed by atoms with van der Waals surface area (Å²) in [6.07, 6.45) is 1.69. The van der Waals surface area contributed by atoms with E-state index in [0.29, 0.717) is 17.4 Å². The second kappa shape index (κ2) is 3.55. The van der Waals surface area contributed by atoms with Crippen molar-refractivity contribution in [1.82, 2.24) is 15.1 Å². The lowest BCUT2D eigenvalue weighted by Crippen LogP contribution is -2.51. The van der Waals surface area contributed by atoms with Crippen LogP contribution in [0.3, 0.4) is 0 Å². The van der Waals surface area contributed by atoms with Crippen molar-refractivity contribution in [3.63, 3.8) is 0 Å². The normalized spacial score (nSPS) is 12.7. The number of hydrogen-bond donors (Lipinski definition) is 1. The van der Waals surface area contributed by atoms with Gasteiger partial charge in [-0.2, -0.15) is 4.98 Å². The number of aromatic nitrogens is 3. The minimum atomic E-state index is -0.0000350. The van der Waals surface area contributed by atoms with Crippen molar-refractivity contribution in [2.24, 2.45) is 0 Å². The lowest BCUT2D eigenvalue weighted by atomic mass is 10.3. The van der Waals surface area contributed by atoms with Crippen molar-refractivity contribution in [3.05, 3.63) is 30.3 Å². The molecular weight excluding hydrogens is 180 g/mol. The first-order valence-electron chi connectivity index (χ1n) is 4.35. The van der Waals surface area contributed by atoms with Crippen LogP contribution in [0.1, 0.15) is 18.9 Å². The molecule has 14 heavy (non-hydrogen) atoms. The average molecular weight is 191 g/mol. The van der Waals surface area contributed by atoms with Gasteiger partial charge in [0.15, 0.2) is 6.04 Å². The maximum atomic E-state index is 5.02. The highest BCUT2D eigenvalue weighted by molar-refractivity contribution is 5.47. The molecule has 1 atom stereocenters. The molecule has 0 unspecified atom stereocenters. The van der Waals surface area contributed by atoms with Gasteiger partial charge in [0.05, 0.1) is 0 Å². The fourth-order valence-electron chi connectivity index (χ4n) is 1.03. The quantitative estimate of drug-likeness (QED) is 0.746. The molecule has 72 valence electrons. The first-order chi connectivity index (χ1) is 6.77. The molecule has 2 aromatic rings. The molecule has 5 heteroatoms. The van der Waals surface area contributed by atoms with Gasteiger partial charge in [-0.05, 0) is 19.1 Å². The molecule has 2 rings (SSSR count). The molecule has 2 aromatic heterocycles. The SMILES string of the molecule is C[C@H]([NH3+])c1nc(-c2ccccn2)no1. The smallest absolute Gasteiger partial charge is 0.284 e. The summed E-state index contributed by atoms with van der Waals surface area (Å²) in [6.45, 7) is 1.90. The van der Waals surface area contributed by atoms with Crippen molar-refractivity contribution < 1.29 is 10.3 Å². The second-order valence-electron chi connectivity index (χ2n) is 3.07. The highest BCUT2D eigenvalue weighted by Crippen LogP contribution is 2.13. The van der Waals surface area contributed by atoms with Gasteiger partial charge < -0.3 is 10.3 Å². The number of hydrogen-bond acceptors (Lipinski definition) is 4. The number of rotatable bonds is 2. The Morgan fingerprint density at radius 3 is 2.86 bits per heavy atom. The lowest BCUT2D eigenvalue weighted by Gasteiger charge is -1.90. The lowest BCUT2D eigenvalue weighted by molar-refractivity contribution is -0.425. The molecule has 0 fully saturated rings. The zero-order chi connectivity index (χ0) is 9.97. The van der Waals surface area contributed by atoms with E-state index in [1.54, 1.807) is 6.20 Å². The third kappa shape index (κ3) is 1.62.